The van der Waals surface area contributed by atoms with Gasteiger partial charge >= 0.3 is 11.8 Å². The fourth-order valence-electron chi connectivity index (χ4n) is 1.67. The fraction of sp³-hybridized carbons (Fsp3) is 0.333. The van der Waals surface area contributed by atoms with Crippen LogP contribution in [0.4, 0.5) is 10.1 Å². The van der Waals surface area contributed by atoms with Gasteiger partial charge in [0.25, 0.3) is 0 Å². The van der Waals surface area contributed by atoms with Crippen LogP contribution < -0.4 is 5.32 Å². The summed E-state index contributed by atoms with van der Waals surface area (Å²) >= 11 is 5.59. The van der Waals surface area contributed by atoms with Crippen LogP contribution in [0.3, 0.4) is 0 Å². The minimum atomic E-state index is -0.774. The van der Waals surface area contributed by atoms with Crippen molar-refractivity contribution in [2.45, 2.75) is 0 Å². The molecule has 1 aliphatic heterocycles. The van der Waals surface area contributed by atoms with Crippen LogP contribution in [-0.4, -0.2) is 43.0 Å². The molecule has 0 saturated carbocycles. The van der Waals surface area contributed by atoms with Gasteiger partial charge in [-0.3, -0.25) is 9.59 Å². The predicted molar refractivity (Wildman–Crippen MR) is 67.4 cm³/mol. The first-order valence-electron chi connectivity index (χ1n) is 5.71. The van der Waals surface area contributed by atoms with E-state index in [1.807, 2.05) is 0 Å². The van der Waals surface area contributed by atoms with Crippen molar-refractivity contribution >= 4 is 29.1 Å². The van der Waals surface area contributed by atoms with Gasteiger partial charge in [-0.2, -0.15) is 0 Å². The lowest BCUT2D eigenvalue weighted by Gasteiger charge is -2.26. The number of amides is 2. The van der Waals surface area contributed by atoms with Gasteiger partial charge in [0.05, 0.1) is 18.2 Å². The minimum absolute atomic E-state index is 0.114. The number of rotatable bonds is 1. The Labute approximate surface area is 114 Å². The van der Waals surface area contributed by atoms with Gasteiger partial charge < -0.3 is 15.0 Å². The molecule has 1 aromatic carbocycles. The molecule has 2 rings (SSSR count). The Bertz CT molecular complexity index is 504. The number of nitrogens with one attached hydrogen (secondary N) is 1. The number of morpholine rings is 1. The highest BCUT2D eigenvalue weighted by Crippen LogP contribution is 2.19. The highest BCUT2D eigenvalue weighted by atomic mass is 35.5. The molecule has 2 amide bonds. The molecule has 1 aromatic rings. The van der Waals surface area contributed by atoms with Crippen molar-refractivity contribution < 1.29 is 18.7 Å². The minimum Gasteiger partial charge on any atom is -0.378 e. The molecule has 1 saturated heterocycles. The normalized spacial score (nSPS) is 15.2. The molecule has 0 aromatic heterocycles. The molecule has 0 radical (unpaired) electrons. The van der Waals surface area contributed by atoms with Gasteiger partial charge in [0.1, 0.15) is 5.82 Å². The van der Waals surface area contributed by atoms with E-state index in [0.717, 1.165) is 6.07 Å². The lowest BCUT2D eigenvalue weighted by molar-refractivity contribution is -0.145. The molecule has 1 N–H and O–H groups in total. The van der Waals surface area contributed by atoms with Crippen molar-refractivity contribution in [2.24, 2.45) is 0 Å². The maximum Gasteiger partial charge on any atom is 0.313 e. The number of anilines is 1. The highest BCUT2D eigenvalue weighted by Gasteiger charge is 2.23. The Morgan fingerprint density at radius 3 is 2.63 bits per heavy atom. The number of ether oxygens (including phenoxy) is 1. The zero-order chi connectivity index (χ0) is 13.8. The fourth-order valence-corrected chi connectivity index (χ4v) is 1.85. The monoisotopic (exact) mass is 286 g/mol. The van der Waals surface area contributed by atoms with E-state index in [1.54, 1.807) is 0 Å². The van der Waals surface area contributed by atoms with E-state index in [4.69, 9.17) is 16.3 Å². The van der Waals surface area contributed by atoms with Gasteiger partial charge in [-0.05, 0) is 18.2 Å². The Kier molecular flexibility index (Phi) is 4.34. The van der Waals surface area contributed by atoms with E-state index in [-0.39, 0.29) is 10.7 Å². The topological polar surface area (TPSA) is 58.6 Å². The quantitative estimate of drug-likeness (QED) is 0.791. The smallest absolute Gasteiger partial charge is 0.313 e. The molecule has 1 aliphatic rings. The number of hydrogen-bond donors (Lipinski definition) is 1. The second-order valence-corrected chi connectivity index (χ2v) is 4.39. The lowest BCUT2D eigenvalue weighted by Crippen LogP contribution is -2.45. The molecule has 5 nitrogen and oxygen atoms in total. The van der Waals surface area contributed by atoms with Crippen molar-refractivity contribution in [3.63, 3.8) is 0 Å². The standard InChI is InChI=1S/C12H12ClFN2O3/c13-9-7-8(1-2-10(9)14)15-11(17)12(18)16-3-5-19-6-4-16/h1-2,7H,3-6H2,(H,15,17). The van der Waals surface area contributed by atoms with E-state index in [2.05, 4.69) is 5.32 Å². The molecule has 0 spiro atoms. The molecule has 102 valence electrons. The van der Waals surface area contributed by atoms with Crippen LogP contribution in [0.1, 0.15) is 0 Å². The third-order valence-corrected chi connectivity index (χ3v) is 2.96. The largest absolute Gasteiger partial charge is 0.378 e. The summed E-state index contributed by atoms with van der Waals surface area (Å²) in [6, 6.07) is 3.71. The molecule has 0 unspecified atom stereocenters. The summed E-state index contributed by atoms with van der Waals surface area (Å²) in [5.41, 5.74) is 0.276. The van der Waals surface area contributed by atoms with Crippen molar-refractivity contribution in [1.82, 2.24) is 4.90 Å². The Hall–Kier alpha value is -1.66. The lowest BCUT2D eigenvalue weighted by atomic mass is 10.3. The average molecular weight is 287 g/mol. The average Bonchev–Trinajstić information content (AvgIpc) is 2.43. The number of carbonyl (C=O) groups excluding carboxylic acids is 2. The summed E-state index contributed by atoms with van der Waals surface area (Å²) in [6.07, 6.45) is 0. The van der Waals surface area contributed by atoms with E-state index < -0.39 is 17.6 Å². The molecular formula is C12H12ClFN2O3. The van der Waals surface area contributed by atoms with Crippen molar-refractivity contribution in [3.8, 4) is 0 Å². The van der Waals surface area contributed by atoms with Gasteiger partial charge in [0, 0.05) is 18.8 Å². The van der Waals surface area contributed by atoms with Crippen LogP contribution >= 0.6 is 11.6 Å². The van der Waals surface area contributed by atoms with Crippen molar-refractivity contribution in [3.05, 3.63) is 29.0 Å². The van der Waals surface area contributed by atoms with Crippen LogP contribution in [0.15, 0.2) is 18.2 Å². The zero-order valence-corrected chi connectivity index (χ0v) is 10.7. The Balaban J connectivity index is 1.99. The summed E-state index contributed by atoms with van der Waals surface area (Å²) in [5, 5.41) is 2.27. The van der Waals surface area contributed by atoms with Gasteiger partial charge in [-0.15, -0.1) is 0 Å². The third-order valence-electron chi connectivity index (χ3n) is 2.67. The van der Waals surface area contributed by atoms with Gasteiger partial charge in [0.2, 0.25) is 0 Å². The zero-order valence-electron chi connectivity index (χ0n) is 9.99. The summed E-state index contributed by atoms with van der Waals surface area (Å²) in [7, 11) is 0. The molecule has 1 fully saturated rings. The van der Waals surface area contributed by atoms with Crippen LogP contribution in [0, 0.1) is 5.82 Å². The van der Waals surface area contributed by atoms with Crippen molar-refractivity contribution in [1.29, 1.82) is 0 Å². The summed E-state index contributed by atoms with van der Waals surface area (Å²) in [4.78, 5) is 24.9. The number of halogens is 2. The van der Waals surface area contributed by atoms with Crippen LogP contribution in [-0.2, 0) is 14.3 Å². The second-order valence-electron chi connectivity index (χ2n) is 3.99. The molecular weight excluding hydrogens is 275 g/mol. The molecule has 19 heavy (non-hydrogen) atoms. The predicted octanol–water partition coefficient (Wildman–Crippen LogP) is 1.28. The Morgan fingerprint density at radius 1 is 1.32 bits per heavy atom. The van der Waals surface area contributed by atoms with Crippen LogP contribution in [0.5, 0.6) is 0 Å². The number of carbonyl (C=O) groups is 2. The summed E-state index contributed by atoms with van der Waals surface area (Å²) in [6.45, 7) is 1.61. The third kappa shape index (κ3) is 3.42. The first kappa shape index (κ1) is 13.8. The molecule has 0 atom stereocenters. The molecule has 0 aliphatic carbocycles. The van der Waals surface area contributed by atoms with E-state index in [9.17, 15) is 14.0 Å². The van der Waals surface area contributed by atoms with Gasteiger partial charge in [-0.1, -0.05) is 11.6 Å². The molecule has 0 bridgehead atoms. The van der Waals surface area contributed by atoms with Crippen LogP contribution in [0.25, 0.3) is 0 Å². The Morgan fingerprint density at radius 2 is 2.00 bits per heavy atom. The van der Waals surface area contributed by atoms with Crippen molar-refractivity contribution in [2.75, 3.05) is 31.6 Å². The first-order valence-corrected chi connectivity index (χ1v) is 6.09. The first-order chi connectivity index (χ1) is 9.08. The van der Waals surface area contributed by atoms with Gasteiger partial charge in [0.15, 0.2) is 0 Å². The van der Waals surface area contributed by atoms with E-state index in [1.165, 1.54) is 17.0 Å². The molecule has 1 heterocycles. The van der Waals surface area contributed by atoms with E-state index >= 15 is 0 Å². The van der Waals surface area contributed by atoms with Crippen LogP contribution in [0.2, 0.25) is 5.02 Å². The summed E-state index contributed by atoms with van der Waals surface area (Å²) < 4.78 is 18.0. The van der Waals surface area contributed by atoms with E-state index in [0.29, 0.717) is 26.3 Å². The maximum atomic E-state index is 13.0. The number of benzene rings is 1. The second kappa shape index (κ2) is 5.99. The maximum absolute atomic E-state index is 13.0. The molecule has 7 heteroatoms. The highest BCUT2D eigenvalue weighted by molar-refractivity contribution is 6.39. The number of nitrogens with zero attached hydrogens (tertiary/aromatic N) is 1. The SMILES string of the molecule is O=C(Nc1ccc(F)c(Cl)c1)C(=O)N1CCOCC1. The number of hydrogen-bond acceptors (Lipinski definition) is 3. The summed E-state index contributed by atoms with van der Waals surface area (Å²) in [5.74, 6) is -1.99. The van der Waals surface area contributed by atoms with Gasteiger partial charge in [-0.25, -0.2) is 4.39 Å².